The summed E-state index contributed by atoms with van der Waals surface area (Å²) in [7, 11) is 0. The maximum absolute atomic E-state index is 12.5. The number of nitriles is 1. The largest absolute Gasteiger partial charge is 0.207 e. The van der Waals surface area contributed by atoms with Gasteiger partial charge < -0.3 is 0 Å². The lowest BCUT2D eigenvalue weighted by Crippen LogP contribution is -1.87. The van der Waals surface area contributed by atoms with Gasteiger partial charge in [0.2, 0.25) is 0 Å². The van der Waals surface area contributed by atoms with E-state index >= 15 is 0 Å². The molecule has 0 aliphatic rings. The van der Waals surface area contributed by atoms with Crippen molar-refractivity contribution in [2.24, 2.45) is 5.92 Å². The molecule has 1 nitrogen and oxygen atoms in total. The van der Waals surface area contributed by atoms with Crippen molar-refractivity contribution in [3.63, 3.8) is 0 Å². The summed E-state index contributed by atoms with van der Waals surface area (Å²) >= 11 is 0. The Morgan fingerprint density at radius 2 is 1.44 bits per heavy atom. The molecular weight excluding hydrogens is 501 g/mol. The van der Waals surface area contributed by atoms with Gasteiger partial charge in [-0.25, -0.2) is 4.39 Å². The number of hydrogen-bond donors (Lipinski definition) is 0. The summed E-state index contributed by atoms with van der Waals surface area (Å²) in [5.74, 6) is 0.692. The zero-order valence-electron chi connectivity index (χ0n) is 27.5. The first-order valence-corrected chi connectivity index (χ1v) is 14.9. The number of allylic oxidation sites excluding steroid dienone is 7. The Balaban J connectivity index is 0. The van der Waals surface area contributed by atoms with Crippen LogP contribution in [0, 0.1) is 23.1 Å². The van der Waals surface area contributed by atoms with Crippen LogP contribution in [0.4, 0.5) is 4.39 Å². The van der Waals surface area contributed by atoms with Gasteiger partial charge in [0.15, 0.2) is 0 Å². The summed E-state index contributed by atoms with van der Waals surface area (Å²) < 4.78 is 12.5. The summed E-state index contributed by atoms with van der Waals surface area (Å²) in [5.41, 5.74) is 8.13. The molecule has 0 bridgehead atoms. The average Bonchev–Trinajstić information content (AvgIpc) is 2.92. The van der Waals surface area contributed by atoms with E-state index in [1.165, 1.54) is 37.3 Å². The highest BCUT2D eigenvalue weighted by Gasteiger charge is 2.02. The number of nitrogens with zero attached hydrogens (tertiary/aromatic N) is 1. The van der Waals surface area contributed by atoms with Gasteiger partial charge in [-0.3, -0.25) is 0 Å². The van der Waals surface area contributed by atoms with E-state index < -0.39 is 0 Å². The van der Waals surface area contributed by atoms with Gasteiger partial charge >= 0.3 is 0 Å². The third-order valence-electron chi connectivity index (χ3n) is 5.97. The lowest BCUT2D eigenvalue weighted by Gasteiger charge is -2.06. The molecule has 0 spiro atoms. The Bertz CT molecular complexity index is 1140. The van der Waals surface area contributed by atoms with Crippen LogP contribution in [0.1, 0.15) is 111 Å². The van der Waals surface area contributed by atoms with Gasteiger partial charge in [-0.15, -0.1) is 6.58 Å². The second-order valence-corrected chi connectivity index (χ2v) is 10.9. The smallest absolute Gasteiger partial charge is 0.123 e. The minimum atomic E-state index is -0.133. The fourth-order valence-corrected chi connectivity index (χ4v) is 3.39. The van der Waals surface area contributed by atoms with Crippen LogP contribution in [0.15, 0.2) is 103 Å². The lowest BCUT2D eigenvalue weighted by atomic mass is 9.98. The minimum absolute atomic E-state index is 0.133. The van der Waals surface area contributed by atoms with Crippen molar-refractivity contribution in [2.75, 3.05) is 0 Å². The summed E-state index contributed by atoms with van der Waals surface area (Å²) in [6.45, 7) is 30.7. The molecule has 0 atom stereocenters. The maximum atomic E-state index is 12.5. The molecule has 2 aromatic rings. The molecule has 0 unspecified atom stereocenters. The van der Waals surface area contributed by atoms with Crippen LogP contribution in [0.2, 0.25) is 0 Å². The summed E-state index contributed by atoms with van der Waals surface area (Å²) in [4.78, 5) is 0. The Morgan fingerprint density at radius 3 is 1.85 bits per heavy atom. The van der Waals surface area contributed by atoms with Gasteiger partial charge in [-0.1, -0.05) is 126 Å². The Labute approximate surface area is 252 Å². The Hall–Kier alpha value is -3.44. The molecule has 0 radical (unpaired) electrons. The number of halogens is 1. The SMILES string of the molecule is C=C(C)C(=C/C=C(\C)c1ccccc1C#N)C(=C)C.C=C(C)CCC(C)C.CCCC.CCCc1cccc(F)c1. The standard InChI is InChI=1S/C18H19N.C9H11F.C8H16.C4H10/c1-13(2)17(14(3)4)11-10-15(5)18-9-7-6-8-16(18)12-19;1-2-4-8-5-3-6-9(10)7-8;1-7(2)5-6-8(3)4;1-3-4-2/h6-11H,1,3H2,2,4-5H3;3,5-7H,2,4H2,1H3;8H,1,5-6H2,2-4H3;3-4H2,1-2H3/b15-10+;;;. The summed E-state index contributed by atoms with van der Waals surface area (Å²) in [5, 5.41) is 9.10. The topological polar surface area (TPSA) is 23.8 Å². The molecule has 0 aliphatic carbocycles. The van der Waals surface area contributed by atoms with Crippen LogP contribution in [-0.2, 0) is 6.42 Å². The van der Waals surface area contributed by atoms with Gasteiger partial charge in [0, 0.05) is 0 Å². The van der Waals surface area contributed by atoms with Crippen molar-refractivity contribution in [3.8, 4) is 6.07 Å². The maximum Gasteiger partial charge on any atom is 0.123 e. The van der Waals surface area contributed by atoms with Crippen molar-refractivity contribution in [3.05, 3.63) is 125 Å². The highest BCUT2D eigenvalue weighted by Crippen LogP contribution is 2.21. The predicted octanol–water partition coefficient (Wildman–Crippen LogP) is 12.6. The molecule has 0 saturated heterocycles. The first-order chi connectivity index (χ1) is 19.3. The first kappa shape index (κ1) is 39.7. The second kappa shape index (κ2) is 24.4. The third-order valence-corrected chi connectivity index (χ3v) is 5.97. The fourth-order valence-electron chi connectivity index (χ4n) is 3.39. The number of benzene rings is 2. The summed E-state index contributed by atoms with van der Waals surface area (Å²) in [6.07, 6.45) is 11.2. The molecule has 2 aromatic carbocycles. The minimum Gasteiger partial charge on any atom is -0.207 e. The van der Waals surface area contributed by atoms with E-state index in [0.29, 0.717) is 5.56 Å². The van der Waals surface area contributed by atoms with E-state index in [9.17, 15) is 4.39 Å². The van der Waals surface area contributed by atoms with Gasteiger partial charge in [0.1, 0.15) is 5.82 Å². The highest BCUT2D eigenvalue weighted by atomic mass is 19.1. The molecule has 2 heteroatoms. The first-order valence-electron chi connectivity index (χ1n) is 14.9. The molecule has 2 rings (SSSR count). The van der Waals surface area contributed by atoms with Crippen molar-refractivity contribution < 1.29 is 4.39 Å². The van der Waals surface area contributed by atoms with Crippen molar-refractivity contribution in [2.45, 2.75) is 101 Å². The van der Waals surface area contributed by atoms with E-state index in [2.05, 4.69) is 67.3 Å². The number of rotatable bonds is 10. The van der Waals surface area contributed by atoms with Gasteiger partial charge in [-0.05, 0) is 93.3 Å². The van der Waals surface area contributed by atoms with Gasteiger partial charge in [0.25, 0.3) is 0 Å². The molecule has 41 heavy (non-hydrogen) atoms. The monoisotopic (exact) mass is 557 g/mol. The molecule has 0 aliphatic heterocycles. The predicted molar refractivity (Wildman–Crippen MR) is 182 cm³/mol. The van der Waals surface area contributed by atoms with Crippen molar-refractivity contribution >= 4 is 5.57 Å². The Kier molecular flexibility index (Phi) is 23.6. The molecule has 0 amide bonds. The molecule has 224 valence electrons. The average molecular weight is 558 g/mol. The normalized spacial score (nSPS) is 9.95. The Morgan fingerprint density at radius 1 is 0.854 bits per heavy atom. The molecule has 0 N–H and O–H groups in total. The van der Waals surface area contributed by atoms with Crippen LogP contribution in [0.3, 0.4) is 0 Å². The van der Waals surface area contributed by atoms with Crippen LogP contribution >= 0.6 is 0 Å². The van der Waals surface area contributed by atoms with Crippen LogP contribution in [0.5, 0.6) is 0 Å². The third kappa shape index (κ3) is 21.0. The molecular formula is C39H56FN. The van der Waals surface area contributed by atoms with Gasteiger partial charge in [0.05, 0.1) is 11.6 Å². The van der Waals surface area contributed by atoms with E-state index in [1.807, 2.05) is 63.3 Å². The molecule has 0 saturated carbocycles. The molecule has 0 fully saturated rings. The van der Waals surface area contributed by atoms with Crippen molar-refractivity contribution in [1.29, 1.82) is 5.26 Å². The van der Waals surface area contributed by atoms with Crippen LogP contribution < -0.4 is 0 Å². The fraction of sp³-hybridized carbons (Fsp3) is 0.410. The van der Waals surface area contributed by atoms with E-state index in [0.717, 1.165) is 52.2 Å². The summed E-state index contributed by atoms with van der Waals surface area (Å²) in [6, 6.07) is 16.6. The quantitative estimate of drug-likeness (QED) is 0.210. The zero-order valence-corrected chi connectivity index (χ0v) is 27.5. The number of hydrogen-bond acceptors (Lipinski definition) is 1. The second-order valence-electron chi connectivity index (χ2n) is 10.9. The zero-order chi connectivity index (χ0) is 31.8. The van der Waals surface area contributed by atoms with Crippen LogP contribution in [-0.4, -0.2) is 0 Å². The number of aryl methyl sites for hydroxylation is 1. The van der Waals surface area contributed by atoms with Gasteiger partial charge in [-0.2, -0.15) is 5.26 Å². The molecule has 0 aromatic heterocycles. The molecule has 0 heterocycles. The highest BCUT2D eigenvalue weighted by molar-refractivity contribution is 5.70. The van der Waals surface area contributed by atoms with Crippen LogP contribution in [0.25, 0.3) is 5.57 Å². The van der Waals surface area contributed by atoms with E-state index in [1.54, 1.807) is 12.1 Å². The number of unbranched alkanes of at least 4 members (excludes halogenated alkanes) is 1. The lowest BCUT2D eigenvalue weighted by molar-refractivity contribution is 0.585. The van der Waals surface area contributed by atoms with E-state index in [4.69, 9.17) is 5.26 Å². The van der Waals surface area contributed by atoms with E-state index in [-0.39, 0.29) is 5.82 Å². The van der Waals surface area contributed by atoms with Crippen molar-refractivity contribution in [1.82, 2.24) is 0 Å².